The Morgan fingerprint density at radius 3 is 2.65 bits per heavy atom. The van der Waals surface area contributed by atoms with E-state index in [0.29, 0.717) is 17.3 Å². The van der Waals surface area contributed by atoms with E-state index in [4.69, 9.17) is 5.73 Å². The van der Waals surface area contributed by atoms with Gasteiger partial charge in [-0.1, -0.05) is 13.8 Å². The topological polar surface area (TPSA) is 77.6 Å². The molecule has 0 aliphatic carbocycles. The quantitative estimate of drug-likeness (QED) is 0.920. The fraction of sp³-hybridized carbons (Fsp3) is 0.273. The first-order valence-electron chi connectivity index (χ1n) is 5.19. The van der Waals surface area contributed by atoms with Crippen LogP contribution in [0.3, 0.4) is 0 Å². The van der Waals surface area contributed by atoms with Gasteiger partial charge in [-0.05, 0) is 27.9 Å². The molecule has 2 rings (SSSR count). The van der Waals surface area contributed by atoms with Gasteiger partial charge in [-0.15, -0.1) is 0 Å². The lowest BCUT2D eigenvalue weighted by atomic mass is 10.1. The summed E-state index contributed by atoms with van der Waals surface area (Å²) in [6, 6.07) is 1.76. The maximum Gasteiger partial charge on any atom is 0.180 e. The Balaban J connectivity index is 2.57. The van der Waals surface area contributed by atoms with Gasteiger partial charge in [0.2, 0.25) is 0 Å². The van der Waals surface area contributed by atoms with Crippen LogP contribution in [-0.4, -0.2) is 19.9 Å². The highest BCUT2D eigenvalue weighted by molar-refractivity contribution is 9.10. The average molecular weight is 294 g/mol. The van der Waals surface area contributed by atoms with Crippen molar-refractivity contribution < 1.29 is 0 Å². The lowest BCUT2D eigenvalue weighted by Gasteiger charge is -2.10. The molecule has 6 heteroatoms. The van der Waals surface area contributed by atoms with E-state index in [1.54, 1.807) is 12.3 Å². The minimum atomic E-state index is 0.260. The number of aromatic nitrogens is 4. The number of anilines is 1. The third kappa shape index (κ3) is 2.41. The van der Waals surface area contributed by atoms with Crippen molar-refractivity contribution in [2.24, 2.45) is 0 Å². The molecule has 0 aromatic carbocycles. The van der Waals surface area contributed by atoms with E-state index in [1.807, 2.05) is 0 Å². The molecule has 0 aliphatic rings. The zero-order valence-corrected chi connectivity index (χ0v) is 11.1. The zero-order chi connectivity index (χ0) is 12.4. The molecule has 0 fully saturated rings. The summed E-state index contributed by atoms with van der Waals surface area (Å²) in [6.07, 6.45) is 3.12. The molecule has 0 aliphatic heterocycles. The maximum absolute atomic E-state index is 5.86. The van der Waals surface area contributed by atoms with Crippen molar-refractivity contribution in [3.63, 3.8) is 0 Å². The van der Waals surface area contributed by atoms with Crippen LogP contribution in [0.5, 0.6) is 0 Å². The number of nitrogen functional groups attached to an aromatic ring is 1. The van der Waals surface area contributed by atoms with Crippen LogP contribution in [0.25, 0.3) is 11.5 Å². The summed E-state index contributed by atoms with van der Waals surface area (Å²) in [7, 11) is 0. The molecule has 0 spiro atoms. The average Bonchev–Trinajstić information content (AvgIpc) is 2.33. The van der Waals surface area contributed by atoms with E-state index in [0.717, 1.165) is 10.2 Å². The molecule has 0 unspecified atom stereocenters. The van der Waals surface area contributed by atoms with Crippen molar-refractivity contribution in [1.29, 1.82) is 0 Å². The summed E-state index contributed by atoms with van der Waals surface area (Å²) in [6.45, 7) is 4.10. The summed E-state index contributed by atoms with van der Waals surface area (Å²) < 4.78 is 0.755. The second-order valence-electron chi connectivity index (χ2n) is 3.88. The van der Waals surface area contributed by atoms with E-state index >= 15 is 0 Å². The monoisotopic (exact) mass is 293 g/mol. The van der Waals surface area contributed by atoms with E-state index < -0.39 is 0 Å². The Kier molecular flexibility index (Phi) is 3.33. The predicted octanol–water partition coefficient (Wildman–Crippen LogP) is 2.40. The third-order valence-corrected chi connectivity index (χ3v) is 3.07. The number of hydrogen-bond acceptors (Lipinski definition) is 5. The van der Waals surface area contributed by atoms with Gasteiger partial charge >= 0.3 is 0 Å². The first-order chi connectivity index (χ1) is 8.09. The molecule has 5 nitrogen and oxygen atoms in total. The molecular weight excluding hydrogens is 282 g/mol. The number of nitrogens with zero attached hydrogens (tertiary/aromatic N) is 4. The molecule has 2 aromatic heterocycles. The van der Waals surface area contributed by atoms with Crippen molar-refractivity contribution in [3.05, 3.63) is 28.8 Å². The zero-order valence-electron chi connectivity index (χ0n) is 9.55. The lowest BCUT2D eigenvalue weighted by Crippen LogP contribution is -2.04. The first-order valence-corrected chi connectivity index (χ1v) is 5.98. The van der Waals surface area contributed by atoms with E-state index in [-0.39, 0.29) is 5.92 Å². The summed E-state index contributed by atoms with van der Waals surface area (Å²) in [5, 5.41) is 0. The van der Waals surface area contributed by atoms with Crippen LogP contribution in [0, 0.1) is 0 Å². The Hall–Kier alpha value is -1.56. The highest BCUT2D eigenvalue weighted by atomic mass is 79.9. The van der Waals surface area contributed by atoms with Gasteiger partial charge in [-0.2, -0.15) is 0 Å². The van der Waals surface area contributed by atoms with Crippen molar-refractivity contribution in [2.75, 3.05) is 5.73 Å². The second-order valence-corrected chi connectivity index (χ2v) is 4.67. The SMILES string of the molecule is CC(C)c1nc(-c2ccncn2)nc(N)c1Br. The molecule has 2 aromatic rings. The van der Waals surface area contributed by atoms with Gasteiger partial charge in [0.1, 0.15) is 17.8 Å². The standard InChI is InChI=1S/C11H12BrN5/c1-6(2)9-8(12)10(13)17-11(16-9)7-3-4-14-5-15-7/h3-6H,1-2H3,(H2,13,16,17). The van der Waals surface area contributed by atoms with Crippen LogP contribution >= 0.6 is 15.9 Å². The van der Waals surface area contributed by atoms with Crippen molar-refractivity contribution in [2.45, 2.75) is 19.8 Å². The number of halogens is 1. The fourth-order valence-electron chi connectivity index (χ4n) is 1.40. The van der Waals surface area contributed by atoms with Gasteiger partial charge in [0.05, 0.1) is 10.2 Å². The Labute approximate surface area is 108 Å². The first kappa shape index (κ1) is 11.9. The van der Waals surface area contributed by atoms with Crippen LogP contribution in [0.4, 0.5) is 5.82 Å². The molecular formula is C11H12BrN5. The molecule has 17 heavy (non-hydrogen) atoms. The predicted molar refractivity (Wildman–Crippen MR) is 69.3 cm³/mol. The maximum atomic E-state index is 5.86. The molecule has 0 radical (unpaired) electrons. The summed E-state index contributed by atoms with van der Waals surface area (Å²) >= 11 is 3.40. The summed E-state index contributed by atoms with van der Waals surface area (Å²) in [4.78, 5) is 16.7. The minimum Gasteiger partial charge on any atom is -0.383 e. The lowest BCUT2D eigenvalue weighted by molar-refractivity contribution is 0.810. The fourth-order valence-corrected chi connectivity index (χ4v) is 2.04. The van der Waals surface area contributed by atoms with E-state index in [9.17, 15) is 0 Å². The van der Waals surface area contributed by atoms with Gasteiger partial charge in [0.25, 0.3) is 0 Å². The summed E-state index contributed by atoms with van der Waals surface area (Å²) in [5.41, 5.74) is 7.40. The van der Waals surface area contributed by atoms with Gasteiger partial charge in [0, 0.05) is 6.20 Å². The van der Waals surface area contributed by atoms with Gasteiger partial charge in [0.15, 0.2) is 5.82 Å². The van der Waals surface area contributed by atoms with Crippen molar-refractivity contribution >= 4 is 21.7 Å². The van der Waals surface area contributed by atoms with E-state index in [1.165, 1.54) is 6.33 Å². The molecule has 0 atom stereocenters. The Morgan fingerprint density at radius 2 is 2.06 bits per heavy atom. The molecule has 2 heterocycles. The highest BCUT2D eigenvalue weighted by Crippen LogP contribution is 2.28. The molecule has 2 N–H and O–H groups in total. The Bertz CT molecular complexity index is 527. The van der Waals surface area contributed by atoms with Gasteiger partial charge in [-0.25, -0.2) is 19.9 Å². The highest BCUT2D eigenvalue weighted by Gasteiger charge is 2.14. The molecule has 0 saturated carbocycles. The van der Waals surface area contributed by atoms with Crippen LogP contribution in [-0.2, 0) is 0 Å². The molecule has 0 saturated heterocycles. The van der Waals surface area contributed by atoms with Crippen molar-refractivity contribution in [3.8, 4) is 11.5 Å². The molecule has 88 valence electrons. The van der Waals surface area contributed by atoms with Crippen LogP contribution in [0.2, 0.25) is 0 Å². The smallest absolute Gasteiger partial charge is 0.180 e. The number of rotatable bonds is 2. The van der Waals surface area contributed by atoms with Crippen LogP contribution in [0.15, 0.2) is 23.1 Å². The molecule has 0 bridgehead atoms. The van der Waals surface area contributed by atoms with Gasteiger partial charge in [-0.3, -0.25) is 0 Å². The largest absolute Gasteiger partial charge is 0.383 e. The second kappa shape index (κ2) is 4.75. The summed E-state index contributed by atoms with van der Waals surface area (Å²) in [5.74, 6) is 1.21. The normalized spacial score (nSPS) is 10.8. The number of nitrogens with two attached hydrogens (primary N) is 1. The third-order valence-electron chi connectivity index (χ3n) is 2.26. The van der Waals surface area contributed by atoms with Crippen molar-refractivity contribution in [1.82, 2.24) is 19.9 Å². The Morgan fingerprint density at radius 1 is 1.29 bits per heavy atom. The minimum absolute atomic E-state index is 0.260. The number of hydrogen-bond donors (Lipinski definition) is 1. The van der Waals surface area contributed by atoms with Crippen LogP contribution in [0.1, 0.15) is 25.5 Å². The van der Waals surface area contributed by atoms with Gasteiger partial charge < -0.3 is 5.73 Å². The van der Waals surface area contributed by atoms with Crippen LogP contribution < -0.4 is 5.73 Å². The molecule has 0 amide bonds. The van der Waals surface area contributed by atoms with E-state index in [2.05, 4.69) is 49.7 Å².